The van der Waals surface area contributed by atoms with Crippen molar-refractivity contribution in [3.05, 3.63) is 11.3 Å². The number of carbonyl (C=O) groups is 2. The van der Waals surface area contributed by atoms with E-state index in [1.54, 1.807) is 0 Å². The van der Waals surface area contributed by atoms with Crippen LogP contribution in [0, 0.1) is 5.92 Å². The third kappa shape index (κ3) is 2.65. The lowest BCUT2D eigenvalue weighted by Gasteiger charge is -2.20. The van der Waals surface area contributed by atoms with Crippen LogP contribution in [0.5, 0.6) is 0 Å². The minimum absolute atomic E-state index is 0.0402. The smallest absolute Gasteiger partial charge is 0.170 e. The summed E-state index contributed by atoms with van der Waals surface area (Å²) in [7, 11) is 0. The molecule has 0 aromatic heterocycles. The molecule has 0 heterocycles. The van der Waals surface area contributed by atoms with Crippen molar-refractivity contribution < 1.29 is 19.8 Å². The molecule has 1 saturated carbocycles. The van der Waals surface area contributed by atoms with E-state index in [-0.39, 0.29) is 48.3 Å². The van der Waals surface area contributed by atoms with Gasteiger partial charge in [0.05, 0.1) is 5.57 Å². The second-order valence-electron chi connectivity index (χ2n) is 3.87. The highest BCUT2D eigenvalue weighted by Gasteiger charge is 2.32. The lowest BCUT2D eigenvalue weighted by molar-refractivity contribution is -0.126. The average molecular weight is 212 g/mol. The van der Waals surface area contributed by atoms with Crippen molar-refractivity contribution >= 4 is 11.6 Å². The zero-order valence-electron chi connectivity index (χ0n) is 8.82. The average Bonchev–Trinajstić information content (AvgIpc) is 2.16. The molecule has 0 saturated heterocycles. The maximum absolute atomic E-state index is 11.5. The van der Waals surface area contributed by atoms with Gasteiger partial charge in [-0.15, -0.1) is 0 Å². The summed E-state index contributed by atoms with van der Waals surface area (Å²) in [5, 5.41) is 18.4. The summed E-state index contributed by atoms with van der Waals surface area (Å²) in [4.78, 5) is 23.1. The van der Waals surface area contributed by atoms with Crippen molar-refractivity contribution in [2.24, 2.45) is 5.92 Å². The number of aliphatic hydroxyl groups is 2. The predicted molar refractivity (Wildman–Crippen MR) is 54.4 cm³/mol. The van der Waals surface area contributed by atoms with Gasteiger partial charge >= 0.3 is 0 Å². The fourth-order valence-electron chi connectivity index (χ4n) is 1.77. The van der Waals surface area contributed by atoms with E-state index in [2.05, 4.69) is 0 Å². The number of carbonyl (C=O) groups excluding carboxylic acids is 2. The first kappa shape index (κ1) is 11.9. The fraction of sp³-hybridized carbons (Fsp3) is 0.636. The molecule has 15 heavy (non-hydrogen) atoms. The van der Waals surface area contributed by atoms with Gasteiger partial charge in [-0.25, -0.2) is 0 Å². The lowest BCUT2D eigenvalue weighted by Crippen LogP contribution is -2.29. The molecule has 1 rings (SSSR count). The Bertz CT molecular complexity index is 284. The van der Waals surface area contributed by atoms with Crippen molar-refractivity contribution in [1.82, 2.24) is 0 Å². The quantitative estimate of drug-likeness (QED) is 0.418. The summed E-state index contributed by atoms with van der Waals surface area (Å²) in [5.41, 5.74) is -0.0402. The Kier molecular flexibility index (Phi) is 4.03. The van der Waals surface area contributed by atoms with Crippen molar-refractivity contribution in [3.8, 4) is 0 Å². The van der Waals surface area contributed by atoms with Gasteiger partial charge in [-0.05, 0) is 12.3 Å². The van der Waals surface area contributed by atoms with Gasteiger partial charge in [-0.3, -0.25) is 9.59 Å². The van der Waals surface area contributed by atoms with E-state index in [0.717, 1.165) is 0 Å². The van der Waals surface area contributed by atoms with Gasteiger partial charge < -0.3 is 10.2 Å². The normalized spacial score (nSPS) is 22.0. The number of aliphatic hydroxyl groups excluding tert-OH is 2. The van der Waals surface area contributed by atoms with Crippen molar-refractivity contribution in [1.29, 1.82) is 0 Å². The SMILES string of the molecule is CCCC(O)=C1C(=O)CC(CO)CC1=O. The lowest BCUT2D eigenvalue weighted by atomic mass is 9.83. The molecule has 1 fully saturated rings. The minimum atomic E-state index is -0.337. The number of allylic oxidation sites excluding steroid dienone is 2. The number of rotatable bonds is 3. The van der Waals surface area contributed by atoms with Crippen LogP contribution in [0.25, 0.3) is 0 Å². The minimum Gasteiger partial charge on any atom is -0.511 e. The Hall–Kier alpha value is -1.16. The van der Waals surface area contributed by atoms with Crippen LogP contribution in [0.3, 0.4) is 0 Å². The highest BCUT2D eigenvalue weighted by atomic mass is 16.3. The maximum Gasteiger partial charge on any atom is 0.170 e. The van der Waals surface area contributed by atoms with Crippen LogP contribution in [0.2, 0.25) is 0 Å². The molecule has 1 aliphatic rings. The van der Waals surface area contributed by atoms with E-state index in [0.29, 0.717) is 12.8 Å². The Morgan fingerprint density at radius 3 is 2.27 bits per heavy atom. The molecular formula is C11H16O4. The summed E-state index contributed by atoms with van der Waals surface area (Å²) in [6.07, 6.45) is 1.37. The Morgan fingerprint density at radius 2 is 1.87 bits per heavy atom. The molecule has 0 spiro atoms. The largest absolute Gasteiger partial charge is 0.511 e. The van der Waals surface area contributed by atoms with Gasteiger partial charge in [0.25, 0.3) is 0 Å². The molecule has 4 nitrogen and oxygen atoms in total. The maximum atomic E-state index is 11.5. The molecule has 0 unspecified atom stereocenters. The number of hydrogen-bond acceptors (Lipinski definition) is 4. The Balaban J connectivity index is 2.88. The van der Waals surface area contributed by atoms with Crippen LogP contribution < -0.4 is 0 Å². The third-order valence-electron chi connectivity index (χ3n) is 2.54. The Morgan fingerprint density at radius 1 is 1.33 bits per heavy atom. The van der Waals surface area contributed by atoms with Crippen LogP contribution in [0.15, 0.2) is 11.3 Å². The summed E-state index contributed by atoms with van der Waals surface area (Å²) < 4.78 is 0. The molecule has 0 amide bonds. The summed E-state index contributed by atoms with van der Waals surface area (Å²) in [6.45, 7) is 1.71. The standard InChI is InChI=1S/C11H16O4/c1-2-3-8(13)11-9(14)4-7(6-12)5-10(11)15/h7,12-13H,2-6H2,1H3. The number of ketones is 2. The number of hydrogen-bond donors (Lipinski definition) is 2. The van der Waals surface area contributed by atoms with Gasteiger partial charge in [0.15, 0.2) is 11.6 Å². The second-order valence-corrected chi connectivity index (χ2v) is 3.87. The van der Waals surface area contributed by atoms with Crippen molar-refractivity contribution in [2.75, 3.05) is 6.61 Å². The fourth-order valence-corrected chi connectivity index (χ4v) is 1.77. The number of Topliss-reactive ketones (excluding diaryl/α,β-unsaturated/α-hetero) is 2. The van der Waals surface area contributed by atoms with Crippen LogP contribution in [-0.2, 0) is 9.59 Å². The molecular weight excluding hydrogens is 196 g/mol. The summed E-state index contributed by atoms with van der Waals surface area (Å²) in [6, 6.07) is 0. The van der Waals surface area contributed by atoms with E-state index in [4.69, 9.17) is 5.11 Å². The van der Waals surface area contributed by atoms with Gasteiger partial charge in [-0.2, -0.15) is 0 Å². The zero-order valence-corrected chi connectivity index (χ0v) is 8.82. The van der Waals surface area contributed by atoms with Gasteiger partial charge in [0.2, 0.25) is 0 Å². The first-order chi connectivity index (χ1) is 7.10. The van der Waals surface area contributed by atoms with Crippen LogP contribution >= 0.6 is 0 Å². The zero-order chi connectivity index (χ0) is 11.4. The highest BCUT2D eigenvalue weighted by molar-refractivity contribution is 6.22. The van der Waals surface area contributed by atoms with Crippen molar-refractivity contribution in [2.45, 2.75) is 32.6 Å². The summed E-state index contributed by atoms with van der Waals surface area (Å²) in [5.74, 6) is -1.04. The Labute approximate surface area is 88.6 Å². The molecule has 0 aliphatic heterocycles. The molecule has 1 aliphatic carbocycles. The van der Waals surface area contributed by atoms with E-state index in [1.807, 2.05) is 6.92 Å². The van der Waals surface area contributed by atoms with E-state index in [1.165, 1.54) is 0 Å². The molecule has 84 valence electrons. The van der Waals surface area contributed by atoms with E-state index >= 15 is 0 Å². The van der Waals surface area contributed by atoms with Crippen LogP contribution in [0.4, 0.5) is 0 Å². The monoisotopic (exact) mass is 212 g/mol. The molecule has 0 bridgehead atoms. The first-order valence-corrected chi connectivity index (χ1v) is 5.19. The molecule has 0 atom stereocenters. The first-order valence-electron chi connectivity index (χ1n) is 5.19. The second kappa shape index (κ2) is 5.07. The summed E-state index contributed by atoms with van der Waals surface area (Å²) >= 11 is 0. The highest BCUT2D eigenvalue weighted by Crippen LogP contribution is 2.25. The molecule has 4 heteroatoms. The van der Waals surface area contributed by atoms with Gasteiger partial charge in [0.1, 0.15) is 5.76 Å². The van der Waals surface area contributed by atoms with E-state index in [9.17, 15) is 14.7 Å². The van der Waals surface area contributed by atoms with Crippen LogP contribution in [-0.4, -0.2) is 28.4 Å². The molecule has 0 aromatic rings. The van der Waals surface area contributed by atoms with Crippen molar-refractivity contribution in [3.63, 3.8) is 0 Å². The van der Waals surface area contributed by atoms with Gasteiger partial charge in [0, 0.05) is 25.9 Å². The third-order valence-corrected chi connectivity index (χ3v) is 2.54. The topological polar surface area (TPSA) is 74.6 Å². The van der Waals surface area contributed by atoms with Crippen LogP contribution in [0.1, 0.15) is 32.6 Å². The molecule has 0 radical (unpaired) electrons. The predicted octanol–water partition coefficient (Wildman–Crippen LogP) is 1.14. The molecule has 0 aromatic carbocycles. The van der Waals surface area contributed by atoms with Gasteiger partial charge in [-0.1, -0.05) is 6.92 Å². The molecule has 2 N–H and O–H groups in total. The van der Waals surface area contributed by atoms with E-state index < -0.39 is 0 Å².